The average molecular weight is 170 g/mol. The number of nitrogens with zero attached hydrogens (tertiary/aromatic N) is 1. The summed E-state index contributed by atoms with van der Waals surface area (Å²) in [5.41, 5.74) is 1.87. The first-order valence-electron chi connectivity index (χ1n) is 3.73. The quantitative estimate of drug-likeness (QED) is 0.606. The zero-order valence-electron chi connectivity index (χ0n) is 7.43. The number of aromatic nitrogens is 2. The van der Waals surface area contributed by atoms with Gasteiger partial charge in [0.25, 0.3) is 0 Å². The van der Waals surface area contributed by atoms with Crippen molar-refractivity contribution in [2.24, 2.45) is 0 Å². The van der Waals surface area contributed by atoms with Crippen LogP contribution in [-0.2, 0) is 0 Å². The van der Waals surface area contributed by atoms with Gasteiger partial charge in [-0.3, -0.25) is 4.98 Å². The topological polar surface area (TPSA) is 28.7 Å². The maximum Gasteiger partial charge on any atom is 0.124 e. The van der Waals surface area contributed by atoms with Crippen LogP contribution >= 0.6 is 12.2 Å². The second kappa shape index (κ2) is 5.02. The Kier molecular flexibility index (Phi) is 4.70. The maximum atomic E-state index is 4.89. The minimum absolute atomic E-state index is 0.723. The smallest absolute Gasteiger partial charge is 0.124 e. The molecule has 3 heteroatoms. The highest BCUT2D eigenvalue weighted by Crippen LogP contribution is 1.94. The Hall–Kier alpha value is -0.700. The Bertz CT molecular complexity index is 265. The molecule has 0 aliphatic carbocycles. The summed E-state index contributed by atoms with van der Waals surface area (Å²) in [6.07, 6.45) is 1.80. The molecule has 0 saturated heterocycles. The molecule has 0 unspecified atom stereocenters. The van der Waals surface area contributed by atoms with Gasteiger partial charge in [0.15, 0.2) is 0 Å². The molecule has 11 heavy (non-hydrogen) atoms. The van der Waals surface area contributed by atoms with Gasteiger partial charge in [0.1, 0.15) is 4.64 Å². The Labute approximate surface area is 72.7 Å². The van der Waals surface area contributed by atoms with Gasteiger partial charge in [-0.1, -0.05) is 26.1 Å². The number of nitrogens with one attached hydrogen (secondary N) is 1. The van der Waals surface area contributed by atoms with E-state index in [9.17, 15) is 0 Å². The SMILES string of the molecule is CC.Cc1c[nH]c(=S)c(C)n1. The normalized spacial score (nSPS) is 8.36. The molecule has 0 bridgehead atoms. The van der Waals surface area contributed by atoms with Crippen LogP contribution in [0.3, 0.4) is 0 Å². The van der Waals surface area contributed by atoms with Gasteiger partial charge in [-0.05, 0) is 13.8 Å². The first-order valence-corrected chi connectivity index (χ1v) is 4.14. The minimum atomic E-state index is 0.723. The molecule has 62 valence electrons. The third kappa shape index (κ3) is 3.28. The largest absolute Gasteiger partial charge is 0.350 e. The number of aryl methyl sites for hydroxylation is 2. The molecule has 0 atom stereocenters. The number of aromatic amines is 1. The van der Waals surface area contributed by atoms with Crippen molar-refractivity contribution in [2.45, 2.75) is 27.7 Å². The number of rotatable bonds is 0. The third-order valence-electron chi connectivity index (χ3n) is 1.08. The number of hydrogen-bond donors (Lipinski definition) is 1. The van der Waals surface area contributed by atoms with Crippen LogP contribution in [-0.4, -0.2) is 9.97 Å². The predicted molar refractivity (Wildman–Crippen MR) is 50.2 cm³/mol. The summed E-state index contributed by atoms with van der Waals surface area (Å²) in [6.45, 7) is 7.82. The summed E-state index contributed by atoms with van der Waals surface area (Å²) >= 11 is 4.89. The highest BCUT2D eigenvalue weighted by atomic mass is 32.1. The van der Waals surface area contributed by atoms with Crippen molar-refractivity contribution in [3.8, 4) is 0 Å². The monoisotopic (exact) mass is 170 g/mol. The van der Waals surface area contributed by atoms with E-state index in [1.165, 1.54) is 0 Å². The van der Waals surface area contributed by atoms with E-state index in [1.807, 2.05) is 27.7 Å². The van der Waals surface area contributed by atoms with Gasteiger partial charge in [0.2, 0.25) is 0 Å². The molecule has 0 aliphatic heterocycles. The summed E-state index contributed by atoms with van der Waals surface area (Å²) in [5, 5.41) is 0. The molecule has 0 radical (unpaired) electrons. The molecule has 1 aromatic rings. The fraction of sp³-hybridized carbons (Fsp3) is 0.500. The maximum absolute atomic E-state index is 4.89. The third-order valence-corrected chi connectivity index (χ3v) is 1.50. The van der Waals surface area contributed by atoms with E-state index in [2.05, 4.69) is 9.97 Å². The predicted octanol–water partition coefficient (Wildman–Crippen LogP) is 2.78. The van der Waals surface area contributed by atoms with E-state index >= 15 is 0 Å². The minimum Gasteiger partial charge on any atom is -0.350 e. The van der Waals surface area contributed by atoms with Crippen molar-refractivity contribution >= 4 is 12.2 Å². The Morgan fingerprint density at radius 1 is 1.36 bits per heavy atom. The lowest BCUT2D eigenvalue weighted by molar-refractivity contribution is 1.04. The zero-order chi connectivity index (χ0) is 8.85. The van der Waals surface area contributed by atoms with Crippen LogP contribution in [0.4, 0.5) is 0 Å². The van der Waals surface area contributed by atoms with Gasteiger partial charge in [0, 0.05) is 6.20 Å². The van der Waals surface area contributed by atoms with E-state index in [0.717, 1.165) is 16.0 Å². The van der Waals surface area contributed by atoms with Crippen molar-refractivity contribution in [3.05, 3.63) is 22.2 Å². The second-order valence-corrected chi connectivity index (χ2v) is 2.36. The zero-order valence-corrected chi connectivity index (χ0v) is 8.25. The lowest BCUT2D eigenvalue weighted by Gasteiger charge is -1.92. The molecule has 1 N–H and O–H groups in total. The molecule has 0 spiro atoms. The number of hydrogen-bond acceptors (Lipinski definition) is 2. The van der Waals surface area contributed by atoms with Gasteiger partial charge < -0.3 is 4.98 Å². The van der Waals surface area contributed by atoms with Crippen LogP contribution in [0.25, 0.3) is 0 Å². The first kappa shape index (κ1) is 10.3. The van der Waals surface area contributed by atoms with Crippen LogP contribution in [0.1, 0.15) is 25.2 Å². The molecule has 1 aromatic heterocycles. The Morgan fingerprint density at radius 3 is 2.27 bits per heavy atom. The summed E-state index contributed by atoms with van der Waals surface area (Å²) in [5.74, 6) is 0. The van der Waals surface area contributed by atoms with Crippen molar-refractivity contribution in [3.63, 3.8) is 0 Å². The van der Waals surface area contributed by atoms with Crippen LogP contribution in [0.15, 0.2) is 6.20 Å². The van der Waals surface area contributed by atoms with Gasteiger partial charge in [0.05, 0.1) is 11.4 Å². The highest BCUT2D eigenvalue weighted by Gasteiger charge is 1.87. The van der Waals surface area contributed by atoms with Gasteiger partial charge in [-0.15, -0.1) is 0 Å². The van der Waals surface area contributed by atoms with E-state index in [-0.39, 0.29) is 0 Å². The van der Waals surface area contributed by atoms with Crippen molar-refractivity contribution in [1.82, 2.24) is 9.97 Å². The van der Waals surface area contributed by atoms with Crippen LogP contribution in [0.5, 0.6) is 0 Å². The lowest BCUT2D eigenvalue weighted by Crippen LogP contribution is -1.88. The Balaban J connectivity index is 0.000000461. The molecule has 2 nitrogen and oxygen atoms in total. The average Bonchev–Trinajstić information content (AvgIpc) is 2.02. The van der Waals surface area contributed by atoms with E-state index in [0.29, 0.717) is 0 Å². The van der Waals surface area contributed by atoms with Crippen LogP contribution < -0.4 is 0 Å². The molecule has 1 rings (SSSR count). The van der Waals surface area contributed by atoms with Gasteiger partial charge in [-0.2, -0.15) is 0 Å². The summed E-state index contributed by atoms with van der Waals surface area (Å²) < 4.78 is 0.723. The molecular formula is C8H14N2S. The molecule has 0 aromatic carbocycles. The highest BCUT2D eigenvalue weighted by molar-refractivity contribution is 7.71. The fourth-order valence-corrected chi connectivity index (χ4v) is 0.727. The Morgan fingerprint density at radius 2 is 1.91 bits per heavy atom. The van der Waals surface area contributed by atoms with Crippen LogP contribution in [0, 0.1) is 18.5 Å². The fourth-order valence-electron chi connectivity index (χ4n) is 0.622. The van der Waals surface area contributed by atoms with Gasteiger partial charge >= 0.3 is 0 Å². The van der Waals surface area contributed by atoms with E-state index < -0.39 is 0 Å². The molecule has 0 saturated carbocycles. The van der Waals surface area contributed by atoms with E-state index in [1.54, 1.807) is 6.20 Å². The number of H-pyrrole nitrogens is 1. The first-order chi connectivity index (χ1) is 5.20. The standard InChI is InChI=1S/C6H8N2S.C2H6/c1-4-3-7-6(9)5(2)8-4;1-2/h3H,1-2H3,(H,7,9);1-2H3. The molecule has 1 heterocycles. The lowest BCUT2D eigenvalue weighted by atomic mass is 10.4. The van der Waals surface area contributed by atoms with Crippen molar-refractivity contribution in [2.75, 3.05) is 0 Å². The molecule has 0 aliphatic rings. The summed E-state index contributed by atoms with van der Waals surface area (Å²) in [7, 11) is 0. The van der Waals surface area contributed by atoms with Crippen molar-refractivity contribution in [1.29, 1.82) is 0 Å². The summed E-state index contributed by atoms with van der Waals surface area (Å²) in [4.78, 5) is 7.06. The van der Waals surface area contributed by atoms with Crippen molar-refractivity contribution < 1.29 is 0 Å². The molecule has 0 amide bonds. The molecule has 0 fully saturated rings. The van der Waals surface area contributed by atoms with Crippen LogP contribution in [0.2, 0.25) is 0 Å². The van der Waals surface area contributed by atoms with E-state index in [4.69, 9.17) is 12.2 Å². The summed E-state index contributed by atoms with van der Waals surface area (Å²) in [6, 6.07) is 0. The molecular weight excluding hydrogens is 156 g/mol. The van der Waals surface area contributed by atoms with Gasteiger partial charge in [-0.25, -0.2) is 0 Å². The second-order valence-electron chi connectivity index (χ2n) is 1.96.